The van der Waals surface area contributed by atoms with Gasteiger partial charge < -0.3 is 26.6 Å². The molecule has 48 heavy (non-hydrogen) atoms. The van der Waals surface area contributed by atoms with Crippen molar-refractivity contribution in [3.63, 3.8) is 0 Å². The fraction of sp³-hybridized carbons (Fsp3) is 0.730. The number of nitrogens with zero attached hydrogens (tertiary/aromatic N) is 1. The maximum absolute atomic E-state index is 14.7. The molecule has 4 rings (SSSR count). The summed E-state index contributed by atoms with van der Waals surface area (Å²) in [5.74, 6) is -3.49. The molecule has 266 valence electrons. The largest absolute Gasteiger partial charge is 0.363 e. The molecule has 3 saturated carbocycles. The normalized spacial score (nSPS) is 25.3. The predicted molar refractivity (Wildman–Crippen MR) is 183 cm³/mol. The molecule has 1 aliphatic heterocycles. The van der Waals surface area contributed by atoms with Gasteiger partial charge in [-0.25, -0.2) is 4.79 Å². The third-order valence-electron chi connectivity index (χ3n) is 11.0. The lowest BCUT2D eigenvalue weighted by molar-refractivity contribution is -0.144. The van der Waals surface area contributed by atoms with Crippen LogP contribution in [0.5, 0.6) is 0 Å². The van der Waals surface area contributed by atoms with Crippen LogP contribution in [0.3, 0.4) is 0 Å². The molecule has 0 aromatic rings. The van der Waals surface area contributed by atoms with Crippen molar-refractivity contribution in [1.29, 1.82) is 0 Å². The zero-order valence-electron chi connectivity index (χ0n) is 29.5. The van der Waals surface area contributed by atoms with E-state index in [1.807, 2.05) is 34.6 Å². The molecule has 4 fully saturated rings. The number of carbonyl (C=O) groups is 6. The molecule has 11 heteroatoms. The van der Waals surface area contributed by atoms with Gasteiger partial charge in [0.15, 0.2) is 5.78 Å². The fourth-order valence-corrected chi connectivity index (χ4v) is 7.72. The second-order valence-electron chi connectivity index (χ2n) is 16.3. The molecule has 5 amide bonds. The van der Waals surface area contributed by atoms with E-state index in [1.54, 1.807) is 12.2 Å². The average molecular weight is 668 g/mol. The number of likely N-dealkylation sites (tertiary alicyclic amines) is 1. The number of nitrogens with one attached hydrogen (secondary N) is 3. The number of hydrogen-bond acceptors (Lipinski definition) is 6. The van der Waals surface area contributed by atoms with Crippen molar-refractivity contribution in [3.8, 4) is 0 Å². The Labute approximate surface area is 285 Å². The first kappa shape index (κ1) is 37.3. The van der Waals surface area contributed by atoms with Crippen LogP contribution in [0.2, 0.25) is 0 Å². The molecule has 0 aromatic carbocycles. The smallest absolute Gasteiger partial charge is 0.316 e. The minimum Gasteiger partial charge on any atom is -0.363 e. The van der Waals surface area contributed by atoms with Crippen LogP contribution in [0.1, 0.15) is 98.8 Å². The third kappa shape index (κ3) is 8.74. The lowest BCUT2D eigenvalue weighted by atomic mass is 9.70. The van der Waals surface area contributed by atoms with Crippen LogP contribution in [0.4, 0.5) is 4.79 Å². The van der Waals surface area contributed by atoms with Crippen molar-refractivity contribution in [2.45, 2.75) is 123 Å². The molecule has 1 saturated heterocycles. The number of carbonyl (C=O) groups excluding carboxylic acids is 6. The van der Waals surface area contributed by atoms with Crippen LogP contribution >= 0.6 is 0 Å². The highest BCUT2D eigenvalue weighted by Crippen LogP contribution is 2.45. The van der Waals surface area contributed by atoms with E-state index >= 15 is 0 Å². The van der Waals surface area contributed by atoms with Gasteiger partial charge in [0, 0.05) is 24.3 Å². The topological polar surface area (TPSA) is 168 Å². The van der Waals surface area contributed by atoms with Gasteiger partial charge >= 0.3 is 6.03 Å². The summed E-state index contributed by atoms with van der Waals surface area (Å²) in [5, 5.41) is 8.65. The van der Waals surface area contributed by atoms with Crippen LogP contribution in [0.15, 0.2) is 25.3 Å². The lowest BCUT2D eigenvalue weighted by Crippen LogP contribution is -2.62. The Morgan fingerprint density at radius 1 is 0.875 bits per heavy atom. The van der Waals surface area contributed by atoms with Crippen LogP contribution in [-0.2, 0) is 24.0 Å². The zero-order chi connectivity index (χ0) is 35.6. The summed E-state index contributed by atoms with van der Waals surface area (Å²) in [7, 11) is 0. The van der Waals surface area contributed by atoms with Gasteiger partial charge in [-0.2, -0.15) is 0 Å². The second kappa shape index (κ2) is 14.9. The first-order valence-electron chi connectivity index (χ1n) is 17.8. The highest BCUT2D eigenvalue weighted by molar-refractivity contribution is 6.37. The maximum atomic E-state index is 14.7. The molecule has 11 nitrogen and oxygen atoms in total. The number of hydrogen-bond donors (Lipinski definition) is 4. The van der Waals surface area contributed by atoms with E-state index in [9.17, 15) is 28.8 Å². The van der Waals surface area contributed by atoms with Gasteiger partial charge in [-0.05, 0) is 54.8 Å². The maximum Gasteiger partial charge on any atom is 0.316 e. The first-order valence-corrected chi connectivity index (χ1v) is 17.8. The van der Waals surface area contributed by atoms with E-state index in [0.717, 1.165) is 57.8 Å². The highest BCUT2D eigenvalue weighted by atomic mass is 16.2. The summed E-state index contributed by atoms with van der Waals surface area (Å²) in [6, 6.07) is -4.41. The fourth-order valence-electron chi connectivity index (χ4n) is 7.72. The third-order valence-corrected chi connectivity index (χ3v) is 11.0. The van der Waals surface area contributed by atoms with Crippen molar-refractivity contribution >= 4 is 35.3 Å². The summed E-state index contributed by atoms with van der Waals surface area (Å²) in [4.78, 5) is 82.1. The monoisotopic (exact) mass is 667 g/mol. The van der Waals surface area contributed by atoms with E-state index in [-0.39, 0.29) is 36.0 Å². The Morgan fingerprint density at radius 2 is 1.50 bits per heavy atom. The Bertz CT molecular complexity index is 1290. The predicted octanol–water partition coefficient (Wildman–Crippen LogP) is 3.81. The standard InChI is InChI=1S/C37H57N5O6/c1-8-22-20-42(28(26(22)37(6,7)9-2)33(46)39-25(19-21-15-16-21)30(44)32(38)45)34(47)31(36(3,4)5)41-35(48)40-27(29(43)24-17-18-24)23-13-11-10-12-14-23/h8-9,21-28,31H,1-2,10-20H2,3-7H3,(H2,38,45)(H,39,46)(H2,40,41,48)/t22?,25?,26-,27-,28-,31+/m0/s1. The van der Waals surface area contributed by atoms with E-state index in [2.05, 4.69) is 29.1 Å². The van der Waals surface area contributed by atoms with Crippen LogP contribution in [0.25, 0.3) is 0 Å². The van der Waals surface area contributed by atoms with Crippen LogP contribution in [0, 0.1) is 40.4 Å². The number of ketones is 2. The molecule has 1 heterocycles. The summed E-state index contributed by atoms with van der Waals surface area (Å²) in [5.41, 5.74) is 3.94. The Morgan fingerprint density at radius 3 is 2.00 bits per heavy atom. The van der Waals surface area contributed by atoms with Crippen LogP contribution in [-0.4, -0.2) is 70.9 Å². The number of primary amides is 1. The summed E-state index contributed by atoms with van der Waals surface area (Å²) >= 11 is 0. The van der Waals surface area contributed by atoms with Crippen molar-refractivity contribution in [2.24, 2.45) is 46.2 Å². The second-order valence-corrected chi connectivity index (χ2v) is 16.3. The van der Waals surface area contributed by atoms with Gasteiger partial charge in [0.05, 0.1) is 12.1 Å². The van der Waals surface area contributed by atoms with Crippen molar-refractivity contribution in [2.75, 3.05) is 6.54 Å². The van der Waals surface area contributed by atoms with Gasteiger partial charge in [0.1, 0.15) is 12.1 Å². The lowest BCUT2D eigenvalue weighted by Gasteiger charge is -2.39. The van der Waals surface area contributed by atoms with Gasteiger partial charge in [-0.1, -0.05) is 78.9 Å². The van der Waals surface area contributed by atoms with Crippen molar-refractivity contribution in [3.05, 3.63) is 25.3 Å². The Balaban J connectivity index is 1.63. The molecule has 0 radical (unpaired) electrons. The minimum absolute atomic E-state index is 0.0210. The van der Waals surface area contributed by atoms with Gasteiger partial charge in [-0.3, -0.25) is 24.0 Å². The molecular formula is C37H57N5O6. The van der Waals surface area contributed by atoms with Gasteiger partial charge in [0.2, 0.25) is 17.6 Å². The summed E-state index contributed by atoms with van der Waals surface area (Å²) < 4.78 is 0. The van der Waals surface area contributed by atoms with Crippen molar-refractivity contribution < 1.29 is 28.8 Å². The van der Waals surface area contributed by atoms with E-state index in [4.69, 9.17) is 5.73 Å². The minimum atomic E-state index is -1.12. The van der Waals surface area contributed by atoms with Crippen LogP contribution < -0.4 is 21.7 Å². The average Bonchev–Trinajstić information content (AvgIpc) is 3.98. The number of Topliss-reactive ketones (excluding diaryl/α,β-unsaturated/α-hetero) is 2. The Kier molecular flexibility index (Phi) is 11.6. The van der Waals surface area contributed by atoms with Crippen molar-refractivity contribution in [1.82, 2.24) is 20.9 Å². The zero-order valence-corrected chi connectivity index (χ0v) is 29.5. The number of urea groups is 1. The molecule has 3 aliphatic carbocycles. The molecule has 5 N–H and O–H groups in total. The molecule has 0 spiro atoms. The molecule has 4 aliphatic rings. The van der Waals surface area contributed by atoms with E-state index in [0.29, 0.717) is 6.42 Å². The molecule has 0 bridgehead atoms. The number of allylic oxidation sites excluding steroid dienone is 1. The molecular weight excluding hydrogens is 610 g/mol. The van der Waals surface area contributed by atoms with Gasteiger partial charge in [-0.15, -0.1) is 13.2 Å². The van der Waals surface area contributed by atoms with Gasteiger partial charge in [0.25, 0.3) is 5.91 Å². The SMILES string of the molecule is C=CC1CN(C(=O)[C@@H](NC(=O)N[C@H](C(=O)C2CC2)C2CCCCC2)C(C)(C)C)[C@H](C(=O)NC(CC2CC2)C(=O)C(N)=O)[C@H]1C(C)(C)C=C. The first-order chi connectivity index (χ1) is 22.5. The number of amides is 5. The quantitative estimate of drug-likeness (QED) is 0.153. The van der Waals surface area contributed by atoms with E-state index < -0.39 is 70.5 Å². The Hall–Kier alpha value is -3.50. The number of nitrogens with two attached hydrogens (primary N) is 1. The molecule has 2 unspecified atom stereocenters. The van der Waals surface area contributed by atoms with E-state index in [1.165, 1.54) is 4.90 Å². The molecule has 6 atom stereocenters. The highest BCUT2D eigenvalue weighted by Gasteiger charge is 2.54. The molecule has 0 aromatic heterocycles. The number of rotatable bonds is 15. The summed E-state index contributed by atoms with van der Waals surface area (Å²) in [6.45, 7) is 17.5. The summed E-state index contributed by atoms with van der Waals surface area (Å²) in [6.07, 6.45) is 12.1.